The van der Waals surface area contributed by atoms with E-state index >= 15 is 0 Å². The van der Waals surface area contributed by atoms with Crippen molar-refractivity contribution >= 4 is 5.82 Å². The molecule has 1 aliphatic heterocycles. The number of nitrogens with zero attached hydrogens (tertiary/aromatic N) is 3. The number of hydrogen-bond donors (Lipinski definition) is 1. The van der Waals surface area contributed by atoms with E-state index in [9.17, 15) is 0 Å². The zero-order chi connectivity index (χ0) is 11.4. The van der Waals surface area contributed by atoms with E-state index in [-0.39, 0.29) is 0 Å². The Morgan fingerprint density at radius 2 is 2.44 bits per heavy atom. The van der Waals surface area contributed by atoms with Gasteiger partial charge in [0.2, 0.25) is 0 Å². The molecule has 2 N–H and O–H groups in total. The van der Waals surface area contributed by atoms with Gasteiger partial charge in [-0.2, -0.15) is 0 Å². The fourth-order valence-electron chi connectivity index (χ4n) is 2.39. The third-order valence-corrected chi connectivity index (χ3v) is 3.17. The Labute approximate surface area is 96.9 Å². The largest absolute Gasteiger partial charge is 0.354 e. The first-order valence-corrected chi connectivity index (χ1v) is 6.07. The number of hydrogen-bond acceptors (Lipinski definition) is 4. The van der Waals surface area contributed by atoms with Crippen molar-refractivity contribution in [2.24, 2.45) is 5.73 Å². The van der Waals surface area contributed by atoms with Crippen molar-refractivity contribution in [3.63, 3.8) is 0 Å². The maximum Gasteiger partial charge on any atom is 0.132 e. The minimum absolute atomic E-state index is 0.623. The van der Waals surface area contributed by atoms with Crippen molar-refractivity contribution in [1.82, 2.24) is 9.97 Å². The maximum absolute atomic E-state index is 5.57. The van der Waals surface area contributed by atoms with Gasteiger partial charge in [-0.15, -0.1) is 0 Å². The normalized spacial score (nSPS) is 20.4. The van der Waals surface area contributed by atoms with Crippen LogP contribution in [0.15, 0.2) is 12.3 Å². The molecule has 1 aromatic rings. The van der Waals surface area contributed by atoms with Crippen LogP contribution in [-0.2, 0) is 0 Å². The van der Waals surface area contributed by atoms with Crippen LogP contribution in [0.25, 0.3) is 0 Å². The number of rotatable bonds is 4. The zero-order valence-electron chi connectivity index (χ0n) is 9.89. The molecule has 4 nitrogen and oxygen atoms in total. The van der Waals surface area contributed by atoms with Crippen molar-refractivity contribution in [3.8, 4) is 0 Å². The van der Waals surface area contributed by atoms with Gasteiger partial charge in [0.1, 0.15) is 11.6 Å². The molecule has 0 amide bonds. The Hall–Kier alpha value is -1.16. The van der Waals surface area contributed by atoms with Crippen LogP contribution >= 0.6 is 0 Å². The van der Waals surface area contributed by atoms with Crippen LogP contribution in [0, 0.1) is 6.92 Å². The summed E-state index contributed by atoms with van der Waals surface area (Å²) >= 11 is 0. The molecule has 0 bridgehead atoms. The standard InChI is InChI=1S/C12H20N4/c1-10-14-8-6-12(15-10)16-9-3-5-11(16)4-2-7-13/h6,8,11H,2-5,7,9,13H2,1H3. The minimum atomic E-state index is 0.623. The molecule has 0 aliphatic carbocycles. The Bertz CT molecular complexity index is 340. The van der Waals surface area contributed by atoms with Crippen LogP contribution in [0.1, 0.15) is 31.5 Å². The lowest BCUT2D eigenvalue weighted by molar-refractivity contribution is 0.581. The second-order valence-corrected chi connectivity index (χ2v) is 4.38. The van der Waals surface area contributed by atoms with Gasteiger partial charge in [0, 0.05) is 18.8 Å². The molecule has 88 valence electrons. The summed E-state index contributed by atoms with van der Waals surface area (Å²) < 4.78 is 0. The van der Waals surface area contributed by atoms with Gasteiger partial charge in [-0.25, -0.2) is 9.97 Å². The summed E-state index contributed by atoms with van der Waals surface area (Å²) in [5, 5.41) is 0. The molecule has 2 rings (SSSR count). The van der Waals surface area contributed by atoms with E-state index in [2.05, 4.69) is 14.9 Å². The summed E-state index contributed by atoms with van der Waals surface area (Å²) in [5.41, 5.74) is 5.57. The second-order valence-electron chi connectivity index (χ2n) is 4.38. The van der Waals surface area contributed by atoms with Crippen molar-refractivity contribution in [3.05, 3.63) is 18.1 Å². The third kappa shape index (κ3) is 2.50. The van der Waals surface area contributed by atoms with Gasteiger partial charge in [0.05, 0.1) is 0 Å². The molecule has 0 aromatic carbocycles. The van der Waals surface area contributed by atoms with Gasteiger partial charge in [0.15, 0.2) is 0 Å². The second kappa shape index (κ2) is 5.25. The molecular formula is C12H20N4. The van der Waals surface area contributed by atoms with Crippen LogP contribution < -0.4 is 10.6 Å². The molecule has 16 heavy (non-hydrogen) atoms. The molecule has 1 aliphatic rings. The van der Waals surface area contributed by atoms with Gasteiger partial charge in [-0.3, -0.25) is 0 Å². The lowest BCUT2D eigenvalue weighted by Crippen LogP contribution is -2.30. The van der Waals surface area contributed by atoms with Crippen LogP contribution in [-0.4, -0.2) is 29.1 Å². The highest BCUT2D eigenvalue weighted by Crippen LogP contribution is 2.26. The molecule has 1 unspecified atom stereocenters. The molecule has 1 atom stereocenters. The van der Waals surface area contributed by atoms with Gasteiger partial charge in [0.25, 0.3) is 0 Å². The van der Waals surface area contributed by atoms with E-state index in [1.807, 2.05) is 19.2 Å². The monoisotopic (exact) mass is 220 g/mol. The maximum atomic E-state index is 5.57. The lowest BCUT2D eigenvalue weighted by Gasteiger charge is -2.25. The van der Waals surface area contributed by atoms with Crippen LogP contribution in [0.4, 0.5) is 5.82 Å². The van der Waals surface area contributed by atoms with E-state index in [4.69, 9.17) is 5.73 Å². The molecule has 0 radical (unpaired) electrons. The van der Waals surface area contributed by atoms with E-state index < -0.39 is 0 Å². The molecule has 4 heteroatoms. The Balaban J connectivity index is 2.07. The summed E-state index contributed by atoms with van der Waals surface area (Å²) in [6, 6.07) is 2.63. The highest BCUT2D eigenvalue weighted by molar-refractivity contribution is 5.40. The predicted molar refractivity (Wildman–Crippen MR) is 65.4 cm³/mol. The molecule has 1 aromatic heterocycles. The summed E-state index contributed by atoms with van der Waals surface area (Å²) in [7, 11) is 0. The first kappa shape index (κ1) is 11.3. The third-order valence-electron chi connectivity index (χ3n) is 3.17. The number of aromatic nitrogens is 2. The molecular weight excluding hydrogens is 200 g/mol. The topological polar surface area (TPSA) is 55.0 Å². The molecule has 0 spiro atoms. The average Bonchev–Trinajstić information content (AvgIpc) is 2.74. The van der Waals surface area contributed by atoms with Gasteiger partial charge >= 0.3 is 0 Å². The van der Waals surface area contributed by atoms with E-state index in [0.717, 1.165) is 31.2 Å². The number of aryl methyl sites for hydroxylation is 1. The van der Waals surface area contributed by atoms with Crippen molar-refractivity contribution in [2.45, 2.75) is 38.6 Å². The van der Waals surface area contributed by atoms with Crippen LogP contribution in [0.3, 0.4) is 0 Å². The summed E-state index contributed by atoms with van der Waals surface area (Å²) in [6.45, 7) is 3.84. The first-order valence-electron chi connectivity index (χ1n) is 6.07. The molecule has 0 saturated carbocycles. The van der Waals surface area contributed by atoms with Crippen LogP contribution in [0.5, 0.6) is 0 Å². The molecule has 1 fully saturated rings. The fourth-order valence-corrected chi connectivity index (χ4v) is 2.39. The number of anilines is 1. The summed E-state index contributed by atoms with van der Waals surface area (Å²) in [4.78, 5) is 11.0. The van der Waals surface area contributed by atoms with E-state index in [1.165, 1.54) is 19.3 Å². The Kier molecular flexibility index (Phi) is 3.72. The van der Waals surface area contributed by atoms with Crippen molar-refractivity contribution < 1.29 is 0 Å². The van der Waals surface area contributed by atoms with Crippen LogP contribution in [0.2, 0.25) is 0 Å². The highest BCUT2D eigenvalue weighted by atomic mass is 15.2. The predicted octanol–water partition coefficient (Wildman–Crippen LogP) is 1.49. The molecule has 1 saturated heterocycles. The van der Waals surface area contributed by atoms with Gasteiger partial charge < -0.3 is 10.6 Å². The molecule has 2 heterocycles. The fraction of sp³-hybridized carbons (Fsp3) is 0.667. The van der Waals surface area contributed by atoms with Gasteiger partial charge in [-0.05, 0) is 45.2 Å². The summed E-state index contributed by atoms with van der Waals surface area (Å²) in [6.07, 6.45) is 6.65. The average molecular weight is 220 g/mol. The first-order chi connectivity index (χ1) is 7.81. The summed E-state index contributed by atoms with van der Waals surface area (Å²) in [5.74, 6) is 1.92. The quantitative estimate of drug-likeness (QED) is 0.835. The lowest BCUT2D eigenvalue weighted by atomic mass is 10.1. The van der Waals surface area contributed by atoms with Gasteiger partial charge in [-0.1, -0.05) is 0 Å². The van der Waals surface area contributed by atoms with E-state index in [1.54, 1.807) is 0 Å². The minimum Gasteiger partial charge on any atom is -0.354 e. The number of nitrogens with two attached hydrogens (primary N) is 1. The zero-order valence-corrected chi connectivity index (χ0v) is 9.89. The highest BCUT2D eigenvalue weighted by Gasteiger charge is 2.24. The SMILES string of the molecule is Cc1nccc(N2CCCC2CCCN)n1. The van der Waals surface area contributed by atoms with E-state index in [0.29, 0.717) is 6.04 Å². The van der Waals surface area contributed by atoms with Crippen molar-refractivity contribution in [2.75, 3.05) is 18.0 Å². The Morgan fingerprint density at radius 1 is 1.56 bits per heavy atom. The smallest absolute Gasteiger partial charge is 0.132 e. The Morgan fingerprint density at radius 3 is 3.19 bits per heavy atom. The van der Waals surface area contributed by atoms with Crippen molar-refractivity contribution in [1.29, 1.82) is 0 Å².